The molecule has 24 heavy (non-hydrogen) atoms. The van der Waals surface area contributed by atoms with Gasteiger partial charge in [-0.3, -0.25) is 4.79 Å². The second-order valence-corrected chi connectivity index (χ2v) is 6.42. The Labute approximate surface area is 138 Å². The van der Waals surface area contributed by atoms with Crippen molar-refractivity contribution in [1.82, 2.24) is 0 Å². The number of sulfonamides is 1. The first-order valence-corrected chi connectivity index (χ1v) is 8.44. The number of carbonyl (C=O) groups excluding carboxylic acids is 2. The fraction of sp³-hybridized carbons (Fsp3) is 0.200. The maximum Gasteiger partial charge on any atom is 0.342 e. The Balaban J connectivity index is 2.50. The predicted molar refractivity (Wildman–Crippen MR) is 85.2 cm³/mol. The lowest BCUT2D eigenvalue weighted by Crippen LogP contribution is -2.20. The Kier molecular flexibility index (Phi) is 4.93. The van der Waals surface area contributed by atoms with Gasteiger partial charge < -0.3 is 14.9 Å². The van der Waals surface area contributed by atoms with E-state index in [9.17, 15) is 18.0 Å². The van der Waals surface area contributed by atoms with E-state index in [1.807, 2.05) is 0 Å². The predicted octanol–water partition coefficient (Wildman–Crippen LogP) is 1.66. The van der Waals surface area contributed by atoms with Crippen molar-refractivity contribution in [3.05, 3.63) is 47.2 Å². The van der Waals surface area contributed by atoms with E-state index in [4.69, 9.17) is 14.9 Å². The molecule has 0 saturated carbocycles. The number of benzene rings is 1. The Morgan fingerprint density at radius 2 is 1.83 bits per heavy atom. The van der Waals surface area contributed by atoms with E-state index in [1.54, 1.807) is 25.1 Å². The zero-order valence-electron chi connectivity index (χ0n) is 13.0. The zero-order valence-corrected chi connectivity index (χ0v) is 13.8. The molecular weight excluding hydrogens is 336 g/mol. The van der Waals surface area contributed by atoms with E-state index < -0.39 is 27.8 Å². The summed E-state index contributed by atoms with van der Waals surface area (Å²) in [5.41, 5.74) is 4.71. The third-order valence-electron chi connectivity index (χ3n) is 3.09. The van der Waals surface area contributed by atoms with Crippen molar-refractivity contribution in [2.24, 2.45) is 5.73 Å². The lowest BCUT2D eigenvalue weighted by molar-refractivity contribution is 0.0521. The summed E-state index contributed by atoms with van der Waals surface area (Å²) in [7, 11) is -4.01. The molecule has 1 heterocycles. The van der Waals surface area contributed by atoms with E-state index in [1.165, 1.54) is 19.1 Å². The number of ether oxygens (including phenoxy) is 1. The second-order valence-electron chi connectivity index (χ2n) is 4.74. The highest BCUT2D eigenvalue weighted by Gasteiger charge is 2.30. The van der Waals surface area contributed by atoms with Crippen LogP contribution in [-0.4, -0.2) is 26.9 Å². The zero-order chi connectivity index (χ0) is 17.9. The van der Waals surface area contributed by atoms with Crippen LogP contribution in [0.1, 0.15) is 33.4 Å². The number of furan rings is 1. The molecule has 0 fully saturated rings. The van der Waals surface area contributed by atoms with Crippen molar-refractivity contribution in [3.8, 4) is 0 Å². The van der Waals surface area contributed by atoms with Crippen LogP contribution >= 0.6 is 0 Å². The van der Waals surface area contributed by atoms with Gasteiger partial charge >= 0.3 is 5.97 Å². The van der Waals surface area contributed by atoms with Crippen molar-refractivity contribution in [1.29, 1.82) is 0 Å². The molecule has 0 spiro atoms. The number of aryl methyl sites for hydroxylation is 1. The minimum absolute atomic E-state index is 0.0213. The minimum atomic E-state index is -4.01. The Morgan fingerprint density at radius 1 is 1.21 bits per heavy atom. The molecule has 0 atom stereocenters. The van der Waals surface area contributed by atoms with Crippen LogP contribution in [0.3, 0.4) is 0 Å². The van der Waals surface area contributed by atoms with Crippen molar-refractivity contribution in [2.75, 3.05) is 11.3 Å². The molecule has 0 unspecified atom stereocenters. The van der Waals surface area contributed by atoms with Gasteiger partial charge in [0.05, 0.1) is 11.5 Å². The van der Waals surface area contributed by atoms with E-state index in [-0.39, 0.29) is 28.4 Å². The molecule has 1 aromatic carbocycles. The molecule has 1 aromatic heterocycles. The van der Waals surface area contributed by atoms with Gasteiger partial charge in [0.2, 0.25) is 5.88 Å². The van der Waals surface area contributed by atoms with Crippen LogP contribution in [-0.2, 0) is 14.8 Å². The lowest BCUT2D eigenvalue weighted by atomic mass is 10.1. The lowest BCUT2D eigenvalue weighted by Gasteiger charge is -2.07. The number of anilines is 1. The normalized spacial score (nSPS) is 11.1. The van der Waals surface area contributed by atoms with Crippen LogP contribution in [0.5, 0.6) is 0 Å². The molecule has 0 aliphatic rings. The monoisotopic (exact) mass is 352 g/mol. The second kappa shape index (κ2) is 6.75. The van der Waals surface area contributed by atoms with Gasteiger partial charge in [-0.1, -0.05) is 18.2 Å². The topological polar surface area (TPSA) is 129 Å². The van der Waals surface area contributed by atoms with Gasteiger partial charge in [-0.15, -0.1) is 0 Å². The minimum Gasteiger partial charge on any atom is -0.462 e. The van der Waals surface area contributed by atoms with Crippen LogP contribution < -0.4 is 10.5 Å². The largest absolute Gasteiger partial charge is 0.462 e. The Hall–Kier alpha value is -2.81. The number of hydrogen-bond acceptors (Lipinski definition) is 6. The van der Waals surface area contributed by atoms with Gasteiger partial charge in [0, 0.05) is 0 Å². The van der Waals surface area contributed by atoms with E-state index in [0.717, 1.165) is 0 Å². The summed E-state index contributed by atoms with van der Waals surface area (Å²) in [6.45, 7) is 3.07. The molecule has 8 nitrogen and oxygen atoms in total. The maximum atomic E-state index is 12.4. The van der Waals surface area contributed by atoms with Crippen molar-refractivity contribution in [2.45, 2.75) is 18.7 Å². The van der Waals surface area contributed by atoms with Crippen LogP contribution in [0.2, 0.25) is 0 Å². The first-order valence-electron chi connectivity index (χ1n) is 6.96. The quantitative estimate of drug-likeness (QED) is 0.761. The molecule has 128 valence electrons. The summed E-state index contributed by atoms with van der Waals surface area (Å²) in [4.78, 5) is 23.6. The Morgan fingerprint density at radius 3 is 2.38 bits per heavy atom. The molecule has 0 saturated heterocycles. The molecule has 2 aromatic rings. The molecule has 3 N–H and O–H groups in total. The number of esters is 1. The highest BCUT2D eigenvalue weighted by atomic mass is 32.2. The van der Waals surface area contributed by atoms with E-state index in [2.05, 4.69) is 4.72 Å². The molecule has 0 aliphatic carbocycles. The average Bonchev–Trinajstić information content (AvgIpc) is 2.84. The van der Waals surface area contributed by atoms with Crippen LogP contribution in [0.4, 0.5) is 5.88 Å². The molecule has 2 rings (SSSR count). The number of amides is 1. The van der Waals surface area contributed by atoms with Crippen LogP contribution in [0, 0.1) is 6.92 Å². The van der Waals surface area contributed by atoms with Crippen molar-refractivity contribution < 1.29 is 27.2 Å². The number of hydrogen-bond donors (Lipinski definition) is 2. The fourth-order valence-corrected chi connectivity index (χ4v) is 3.10. The molecule has 0 radical (unpaired) electrons. The van der Waals surface area contributed by atoms with Gasteiger partial charge in [0.15, 0.2) is 0 Å². The molecule has 0 aliphatic heterocycles. The first-order chi connectivity index (χ1) is 11.3. The van der Waals surface area contributed by atoms with Gasteiger partial charge in [-0.05, 0) is 26.0 Å². The van der Waals surface area contributed by atoms with Crippen LogP contribution in [0.15, 0.2) is 39.6 Å². The van der Waals surface area contributed by atoms with Gasteiger partial charge in [-0.2, -0.15) is 0 Å². The highest BCUT2D eigenvalue weighted by Crippen LogP contribution is 2.29. The summed E-state index contributed by atoms with van der Waals surface area (Å²) in [6.07, 6.45) is 0. The van der Waals surface area contributed by atoms with Gasteiger partial charge in [0.1, 0.15) is 16.9 Å². The summed E-state index contributed by atoms with van der Waals surface area (Å²) < 4.78 is 36.9. The smallest absolute Gasteiger partial charge is 0.342 e. The average molecular weight is 352 g/mol. The Bertz CT molecular complexity index is 871. The molecular formula is C15H16N2O6S. The number of primary amides is 1. The molecule has 9 heteroatoms. The van der Waals surface area contributed by atoms with E-state index in [0.29, 0.717) is 0 Å². The SMILES string of the molecule is CCOC(=O)c1c(C)oc(NS(=O)(=O)c2ccccc2)c1C(N)=O. The number of nitrogens with one attached hydrogen (secondary N) is 1. The summed E-state index contributed by atoms with van der Waals surface area (Å²) in [5, 5.41) is 0. The third kappa shape index (κ3) is 3.40. The van der Waals surface area contributed by atoms with Crippen molar-refractivity contribution >= 4 is 27.8 Å². The summed E-state index contributed by atoms with van der Waals surface area (Å²) in [6, 6.07) is 7.48. The van der Waals surface area contributed by atoms with Crippen molar-refractivity contribution in [3.63, 3.8) is 0 Å². The number of nitrogens with two attached hydrogens (primary N) is 1. The fourth-order valence-electron chi connectivity index (χ4n) is 2.08. The highest BCUT2D eigenvalue weighted by molar-refractivity contribution is 7.92. The molecule has 0 bridgehead atoms. The third-order valence-corrected chi connectivity index (χ3v) is 4.44. The summed E-state index contributed by atoms with van der Waals surface area (Å²) in [5.74, 6) is -2.24. The summed E-state index contributed by atoms with van der Waals surface area (Å²) >= 11 is 0. The maximum absolute atomic E-state index is 12.4. The first kappa shape index (κ1) is 17.5. The molecule has 1 amide bonds. The number of rotatable bonds is 6. The van der Waals surface area contributed by atoms with Crippen LogP contribution in [0.25, 0.3) is 0 Å². The standard InChI is InChI=1S/C15H16N2O6S/c1-3-22-15(19)11-9(2)23-14(12(11)13(16)18)17-24(20,21)10-7-5-4-6-8-10/h4-8,17H,3H2,1-2H3,(H2,16,18). The number of carbonyl (C=O) groups is 2. The van der Waals surface area contributed by atoms with E-state index >= 15 is 0 Å². The van der Waals surface area contributed by atoms with Gasteiger partial charge in [0.25, 0.3) is 15.9 Å². The van der Waals surface area contributed by atoms with Gasteiger partial charge in [-0.25, -0.2) is 17.9 Å².